The molecule has 1 heterocycles. The molecule has 10 atom stereocenters. The van der Waals surface area contributed by atoms with E-state index in [1.807, 2.05) is 0 Å². The quantitative estimate of drug-likeness (QED) is 0.705. The Labute approximate surface area is 155 Å². The minimum absolute atomic E-state index is 0.130. The molecule has 0 aromatic rings. The lowest BCUT2D eigenvalue weighted by atomic mass is 9.43. The second kappa shape index (κ2) is 4.47. The first-order chi connectivity index (χ1) is 12.3. The van der Waals surface area contributed by atoms with Gasteiger partial charge in [0.25, 0.3) is 0 Å². The number of carbonyl (C=O) groups is 1. The van der Waals surface area contributed by atoms with Crippen LogP contribution in [0.5, 0.6) is 0 Å². The van der Waals surface area contributed by atoms with Gasteiger partial charge < -0.3 is 10.2 Å². The molecule has 26 heavy (non-hydrogen) atoms. The number of Topliss-reactive ketones (excluding diaryl/α,β-unsaturated/α-hetero) is 1. The monoisotopic (exact) mass is 357 g/mol. The van der Waals surface area contributed by atoms with Gasteiger partial charge in [-0.1, -0.05) is 20.4 Å². The van der Waals surface area contributed by atoms with E-state index in [2.05, 4.69) is 25.3 Å². The van der Waals surface area contributed by atoms with Crippen molar-refractivity contribution in [3.63, 3.8) is 0 Å². The van der Waals surface area contributed by atoms with Gasteiger partial charge in [0.05, 0.1) is 12.2 Å². The number of piperidine rings is 1. The standard InChI is InChI=1S/C22H31NO3/c1-4-23-10-20(3)6-5-17(25)22-15(20)7-13(18(22)23)21-9-12(11(2)19(21)26)14(24)8-16(21)22/h12-13,15-19,25-26H,2,4-10H2,1,3H3/t12-,13+,15+,16-,17+,18-,19-,20+,21-,22+/m1/s1. The molecule has 0 aromatic carbocycles. The topological polar surface area (TPSA) is 60.8 Å². The van der Waals surface area contributed by atoms with Gasteiger partial charge in [-0.05, 0) is 61.0 Å². The predicted molar refractivity (Wildman–Crippen MR) is 97.2 cm³/mol. The Hall–Kier alpha value is -0.710. The van der Waals surface area contributed by atoms with Gasteiger partial charge in [0.1, 0.15) is 5.78 Å². The van der Waals surface area contributed by atoms with Crippen molar-refractivity contribution in [3.05, 3.63) is 12.2 Å². The fraction of sp³-hybridized carbons (Fsp3) is 0.864. The second-order valence-electron chi connectivity index (χ2n) is 10.7. The van der Waals surface area contributed by atoms with Crippen molar-refractivity contribution in [1.82, 2.24) is 4.90 Å². The van der Waals surface area contributed by atoms with Crippen LogP contribution in [0.3, 0.4) is 0 Å². The summed E-state index contributed by atoms with van der Waals surface area (Å²) in [6, 6.07) is 0.331. The minimum atomic E-state index is -0.561. The normalized spacial score (nSPS) is 62.7. The molecule has 6 aliphatic rings. The van der Waals surface area contributed by atoms with Gasteiger partial charge in [0.2, 0.25) is 0 Å². The molecule has 5 aliphatic carbocycles. The van der Waals surface area contributed by atoms with Gasteiger partial charge in [0.15, 0.2) is 0 Å². The summed E-state index contributed by atoms with van der Waals surface area (Å²) in [5.74, 6) is 1.16. The number of likely N-dealkylation sites (tertiary alicyclic amines) is 1. The van der Waals surface area contributed by atoms with E-state index < -0.39 is 6.10 Å². The Morgan fingerprint density at radius 1 is 1.31 bits per heavy atom. The molecule has 142 valence electrons. The molecule has 2 N–H and O–H groups in total. The van der Waals surface area contributed by atoms with E-state index in [9.17, 15) is 15.0 Å². The average Bonchev–Trinajstić information content (AvgIpc) is 3.14. The van der Waals surface area contributed by atoms with Crippen molar-refractivity contribution in [1.29, 1.82) is 0 Å². The fourth-order valence-electron chi connectivity index (χ4n) is 9.75. The van der Waals surface area contributed by atoms with Crippen LogP contribution in [0.1, 0.15) is 46.0 Å². The van der Waals surface area contributed by atoms with Crippen molar-refractivity contribution in [2.45, 2.75) is 64.2 Å². The zero-order valence-corrected chi connectivity index (χ0v) is 15.9. The molecule has 7 bridgehead atoms. The molecule has 0 amide bonds. The van der Waals surface area contributed by atoms with Crippen molar-refractivity contribution < 1.29 is 15.0 Å². The summed E-state index contributed by atoms with van der Waals surface area (Å²) in [7, 11) is 0. The summed E-state index contributed by atoms with van der Waals surface area (Å²) >= 11 is 0. The molecule has 2 spiro atoms. The number of rotatable bonds is 1. The van der Waals surface area contributed by atoms with E-state index in [1.165, 1.54) is 0 Å². The van der Waals surface area contributed by atoms with Gasteiger partial charge in [-0.25, -0.2) is 0 Å². The second-order valence-corrected chi connectivity index (χ2v) is 10.7. The molecule has 1 saturated heterocycles. The van der Waals surface area contributed by atoms with Gasteiger partial charge in [-0.3, -0.25) is 9.69 Å². The maximum atomic E-state index is 13.0. The summed E-state index contributed by atoms with van der Waals surface area (Å²) in [5.41, 5.74) is 0.598. The number of hydrogen-bond donors (Lipinski definition) is 2. The molecule has 0 radical (unpaired) electrons. The number of aliphatic hydroxyl groups is 2. The summed E-state index contributed by atoms with van der Waals surface area (Å²) < 4.78 is 0. The number of ketones is 1. The maximum Gasteiger partial charge on any atom is 0.140 e. The van der Waals surface area contributed by atoms with Gasteiger partial charge in [0, 0.05) is 35.8 Å². The highest BCUT2D eigenvalue weighted by atomic mass is 16.3. The summed E-state index contributed by atoms with van der Waals surface area (Å²) in [5, 5.41) is 22.8. The van der Waals surface area contributed by atoms with Gasteiger partial charge in [-0.2, -0.15) is 0 Å². The molecule has 4 heteroatoms. The van der Waals surface area contributed by atoms with E-state index >= 15 is 0 Å². The van der Waals surface area contributed by atoms with E-state index in [0.717, 1.165) is 44.3 Å². The van der Waals surface area contributed by atoms with E-state index in [4.69, 9.17) is 0 Å². The van der Waals surface area contributed by atoms with Gasteiger partial charge in [-0.15, -0.1) is 0 Å². The van der Waals surface area contributed by atoms with Crippen LogP contribution in [0.4, 0.5) is 0 Å². The summed E-state index contributed by atoms with van der Waals surface area (Å²) in [4.78, 5) is 15.6. The number of fused-ring (bicyclic) bond motifs is 1. The minimum Gasteiger partial charge on any atom is -0.392 e. The van der Waals surface area contributed by atoms with Crippen LogP contribution in [0.15, 0.2) is 12.2 Å². The molecule has 6 fully saturated rings. The van der Waals surface area contributed by atoms with Crippen molar-refractivity contribution in [3.8, 4) is 0 Å². The zero-order valence-electron chi connectivity index (χ0n) is 15.9. The Kier molecular flexibility index (Phi) is 2.80. The summed E-state index contributed by atoms with van der Waals surface area (Å²) in [6.45, 7) is 10.9. The third kappa shape index (κ3) is 1.33. The molecule has 0 unspecified atom stereocenters. The first-order valence-electron chi connectivity index (χ1n) is 10.6. The molecule has 5 saturated carbocycles. The maximum absolute atomic E-state index is 13.0. The number of aliphatic hydroxyl groups excluding tert-OH is 2. The van der Waals surface area contributed by atoms with Crippen LogP contribution < -0.4 is 0 Å². The molecule has 4 nitrogen and oxygen atoms in total. The lowest BCUT2D eigenvalue weighted by molar-refractivity contribution is -0.211. The van der Waals surface area contributed by atoms with Crippen LogP contribution in [0.25, 0.3) is 0 Å². The van der Waals surface area contributed by atoms with Crippen LogP contribution in [-0.4, -0.2) is 52.2 Å². The molecular formula is C22H31NO3. The Morgan fingerprint density at radius 2 is 2.08 bits per heavy atom. The number of nitrogens with zero attached hydrogens (tertiary/aromatic N) is 1. The van der Waals surface area contributed by atoms with Crippen LogP contribution in [-0.2, 0) is 4.79 Å². The Morgan fingerprint density at radius 3 is 2.81 bits per heavy atom. The fourth-order valence-corrected chi connectivity index (χ4v) is 9.75. The van der Waals surface area contributed by atoms with Crippen molar-refractivity contribution >= 4 is 5.78 Å². The third-order valence-electron chi connectivity index (χ3n) is 10.4. The first-order valence-corrected chi connectivity index (χ1v) is 10.6. The number of hydrogen-bond acceptors (Lipinski definition) is 4. The third-order valence-corrected chi connectivity index (χ3v) is 10.4. The van der Waals surface area contributed by atoms with E-state index in [-0.39, 0.29) is 40.0 Å². The zero-order chi connectivity index (χ0) is 18.2. The van der Waals surface area contributed by atoms with Crippen LogP contribution in [0, 0.1) is 39.9 Å². The van der Waals surface area contributed by atoms with E-state index in [1.54, 1.807) is 0 Å². The highest BCUT2D eigenvalue weighted by Gasteiger charge is 2.85. The van der Waals surface area contributed by atoms with Crippen molar-refractivity contribution in [2.75, 3.05) is 13.1 Å². The van der Waals surface area contributed by atoms with E-state index in [0.29, 0.717) is 24.3 Å². The molecular weight excluding hydrogens is 326 g/mol. The highest BCUT2D eigenvalue weighted by Crippen LogP contribution is 2.83. The SMILES string of the molecule is C=C1[C@H]2C[C@]3([C@@H]1O)[C@@H](CC2=O)[C@@]12[C@@H](O)CC[C@@]4(C)CN(CC)[C@@H]1[C@@H]3C[C@@H]42. The Bertz CT molecular complexity index is 735. The van der Waals surface area contributed by atoms with Crippen LogP contribution in [0.2, 0.25) is 0 Å². The average molecular weight is 357 g/mol. The molecule has 0 aromatic heterocycles. The lowest BCUT2D eigenvalue weighted by Gasteiger charge is -2.65. The van der Waals surface area contributed by atoms with Gasteiger partial charge >= 0.3 is 0 Å². The first kappa shape index (κ1) is 16.3. The number of carbonyl (C=O) groups excluding carboxylic acids is 1. The largest absolute Gasteiger partial charge is 0.392 e. The highest BCUT2D eigenvalue weighted by molar-refractivity contribution is 5.87. The van der Waals surface area contributed by atoms with Crippen molar-refractivity contribution in [2.24, 2.45) is 39.9 Å². The predicted octanol–water partition coefficient (Wildman–Crippen LogP) is 2.00. The Balaban J connectivity index is 1.62. The lowest BCUT2D eigenvalue weighted by Crippen LogP contribution is -2.68. The molecule has 1 aliphatic heterocycles. The molecule has 6 rings (SSSR count). The van der Waals surface area contributed by atoms with Crippen LogP contribution >= 0.6 is 0 Å². The smallest absolute Gasteiger partial charge is 0.140 e. The summed E-state index contributed by atoms with van der Waals surface area (Å²) in [6.07, 6.45) is 3.50.